The highest BCUT2D eigenvalue weighted by molar-refractivity contribution is 7.98. The average molecular weight is 359 g/mol. The van der Waals surface area contributed by atoms with Crippen LogP contribution in [-0.4, -0.2) is 40.9 Å². The van der Waals surface area contributed by atoms with E-state index in [0.717, 1.165) is 16.0 Å². The first-order valence-corrected chi connectivity index (χ1v) is 9.01. The van der Waals surface area contributed by atoms with Gasteiger partial charge in [0.2, 0.25) is 0 Å². The molecule has 1 N–H and O–H groups in total. The van der Waals surface area contributed by atoms with Gasteiger partial charge in [0.25, 0.3) is 0 Å². The summed E-state index contributed by atoms with van der Waals surface area (Å²) < 4.78 is 5.20. The number of carbonyl (C=O) groups is 2. The molecule has 6 heteroatoms. The first-order chi connectivity index (χ1) is 12.1. The van der Waals surface area contributed by atoms with E-state index in [1.54, 1.807) is 0 Å². The molecule has 1 atom stereocenters. The molecular formula is C19H21NO4S. The molecule has 0 bridgehead atoms. The minimum atomic E-state index is -1.04. The summed E-state index contributed by atoms with van der Waals surface area (Å²) in [7, 11) is 1.45. The van der Waals surface area contributed by atoms with E-state index in [2.05, 4.69) is 0 Å². The zero-order valence-corrected chi connectivity index (χ0v) is 14.8. The molecule has 0 fully saturated rings. The van der Waals surface area contributed by atoms with Crippen LogP contribution < -0.4 is 0 Å². The minimum Gasteiger partial charge on any atom is -0.480 e. The van der Waals surface area contributed by atoms with Gasteiger partial charge < -0.3 is 9.84 Å². The lowest BCUT2D eigenvalue weighted by atomic mass is 10.2. The third kappa shape index (κ3) is 6.15. The lowest BCUT2D eigenvalue weighted by molar-refractivity contribution is -0.141. The SMILES string of the molecule is CN(C(=O)OCc1ccccc1)[C@@H](CSCc1ccccc1)C(=O)O. The number of ether oxygens (including phenoxy) is 1. The summed E-state index contributed by atoms with van der Waals surface area (Å²) in [6, 6.07) is 18.1. The first-order valence-electron chi connectivity index (χ1n) is 7.86. The summed E-state index contributed by atoms with van der Waals surface area (Å²) in [4.78, 5) is 24.8. The van der Waals surface area contributed by atoms with Gasteiger partial charge in [-0.2, -0.15) is 11.8 Å². The number of likely N-dealkylation sites (N-methyl/N-ethyl adjacent to an activating group) is 1. The normalized spacial score (nSPS) is 11.6. The number of hydrogen-bond acceptors (Lipinski definition) is 4. The van der Waals surface area contributed by atoms with Crippen LogP contribution in [0.25, 0.3) is 0 Å². The van der Waals surface area contributed by atoms with Crippen molar-refractivity contribution in [2.24, 2.45) is 0 Å². The van der Waals surface area contributed by atoms with Gasteiger partial charge >= 0.3 is 12.1 Å². The van der Waals surface area contributed by atoms with E-state index in [0.29, 0.717) is 11.5 Å². The molecule has 0 spiro atoms. The quantitative estimate of drug-likeness (QED) is 0.779. The molecule has 2 rings (SSSR count). The molecule has 0 unspecified atom stereocenters. The van der Waals surface area contributed by atoms with Crippen LogP contribution in [0.5, 0.6) is 0 Å². The molecule has 2 aromatic carbocycles. The van der Waals surface area contributed by atoms with Crippen molar-refractivity contribution < 1.29 is 19.4 Å². The van der Waals surface area contributed by atoms with E-state index in [4.69, 9.17) is 4.74 Å². The Morgan fingerprint density at radius 2 is 1.60 bits per heavy atom. The molecule has 5 nitrogen and oxygen atoms in total. The molecule has 132 valence electrons. The van der Waals surface area contributed by atoms with Crippen LogP contribution in [0.15, 0.2) is 60.7 Å². The Labute approximate surface area is 151 Å². The molecule has 2 aromatic rings. The smallest absolute Gasteiger partial charge is 0.410 e. The Kier molecular flexibility index (Phi) is 7.35. The van der Waals surface area contributed by atoms with E-state index in [1.165, 1.54) is 18.8 Å². The highest BCUT2D eigenvalue weighted by Crippen LogP contribution is 2.16. The monoisotopic (exact) mass is 359 g/mol. The lowest BCUT2D eigenvalue weighted by Gasteiger charge is -2.24. The van der Waals surface area contributed by atoms with Crippen molar-refractivity contribution in [3.8, 4) is 0 Å². The fourth-order valence-corrected chi connectivity index (χ4v) is 3.30. The topological polar surface area (TPSA) is 66.8 Å². The molecule has 0 radical (unpaired) electrons. The fraction of sp³-hybridized carbons (Fsp3) is 0.263. The van der Waals surface area contributed by atoms with Gasteiger partial charge in [-0.3, -0.25) is 4.90 Å². The first kappa shape index (κ1) is 18.9. The Bertz CT molecular complexity index is 678. The maximum atomic E-state index is 12.1. The number of carboxylic acids is 1. The van der Waals surface area contributed by atoms with Crippen LogP contribution in [-0.2, 0) is 21.9 Å². The van der Waals surface area contributed by atoms with Crippen molar-refractivity contribution >= 4 is 23.8 Å². The second-order valence-corrected chi connectivity index (χ2v) is 6.54. The highest BCUT2D eigenvalue weighted by Gasteiger charge is 2.27. The molecule has 0 saturated carbocycles. The number of benzene rings is 2. The number of thioether (sulfide) groups is 1. The van der Waals surface area contributed by atoms with E-state index in [-0.39, 0.29) is 6.61 Å². The molecule has 1 amide bonds. The zero-order chi connectivity index (χ0) is 18.1. The Morgan fingerprint density at radius 1 is 1.04 bits per heavy atom. The number of hydrogen-bond donors (Lipinski definition) is 1. The van der Waals surface area contributed by atoms with Crippen molar-refractivity contribution in [2.45, 2.75) is 18.4 Å². The number of carboxylic acid groups (broad SMARTS) is 1. The van der Waals surface area contributed by atoms with Gasteiger partial charge in [-0.15, -0.1) is 0 Å². The van der Waals surface area contributed by atoms with Crippen LogP contribution in [0.1, 0.15) is 11.1 Å². The number of amides is 1. The lowest BCUT2D eigenvalue weighted by Crippen LogP contribution is -2.44. The van der Waals surface area contributed by atoms with E-state index in [9.17, 15) is 14.7 Å². The van der Waals surface area contributed by atoms with Crippen molar-refractivity contribution in [1.29, 1.82) is 0 Å². The predicted molar refractivity (Wildman–Crippen MR) is 98.4 cm³/mol. The Hall–Kier alpha value is -2.47. The highest BCUT2D eigenvalue weighted by atomic mass is 32.2. The number of carbonyl (C=O) groups excluding carboxylic acids is 1. The Balaban J connectivity index is 1.84. The molecule has 0 aliphatic rings. The van der Waals surface area contributed by atoms with E-state index in [1.807, 2.05) is 60.7 Å². The van der Waals surface area contributed by atoms with Gasteiger partial charge in [-0.25, -0.2) is 9.59 Å². The number of rotatable bonds is 8. The summed E-state index contributed by atoms with van der Waals surface area (Å²) in [6.45, 7) is 0.119. The summed E-state index contributed by atoms with van der Waals surface area (Å²) in [5.41, 5.74) is 1.97. The standard InChI is InChI=1S/C19H21NO4S/c1-20(19(23)24-12-15-8-4-2-5-9-15)17(18(21)22)14-25-13-16-10-6-3-7-11-16/h2-11,17H,12-14H2,1H3,(H,21,22)/t17-/m0/s1. The third-order valence-electron chi connectivity index (χ3n) is 3.63. The van der Waals surface area contributed by atoms with E-state index < -0.39 is 18.1 Å². The molecule has 0 saturated heterocycles. The van der Waals surface area contributed by atoms with Crippen molar-refractivity contribution in [1.82, 2.24) is 4.90 Å². The number of nitrogens with zero attached hydrogens (tertiary/aromatic N) is 1. The summed E-state index contributed by atoms with van der Waals surface area (Å²) >= 11 is 1.47. The van der Waals surface area contributed by atoms with Crippen LogP contribution in [0.4, 0.5) is 4.79 Å². The second-order valence-electron chi connectivity index (χ2n) is 5.51. The van der Waals surface area contributed by atoms with Crippen LogP contribution in [0.2, 0.25) is 0 Å². The van der Waals surface area contributed by atoms with Crippen molar-refractivity contribution in [3.63, 3.8) is 0 Å². The third-order valence-corrected chi connectivity index (χ3v) is 4.72. The predicted octanol–water partition coefficient (Wildman–Crippen LogP) is 3.64. The van der Waals surface area contributed by atoms with Crippen LogP contribution in [0, 0.1) is 0 Å². The summed E-state index contributed by atoms with van der Waals surface area (Å²) in [5.74, 6) is -0.0571. The molecule has 0 aromatic heterocycles. The van der Waals surface area contributed by atoms with Gasteiger partial charge in [0.05, 0.1) is 0 Å². The number of aliphatic carboxylic acids is 1. The minimum absolute atomic E-state index is 0.119. The van der Waals surface area contributed by atoms with Gasteiger partial charge in [0.1, 0.15) is 12.6 Å². The van der Waals surface area contributed by atoms with Gasteiger partial charge in [-0.1, -0.05) is 60.7 Å². The fourth-order valence-electron chi connectivity index (χ4n) is 2.16. The van der Waals surface area contributed by atoms with Crippen molar-refractivity contribution in [2.75, 3.05) is 12.8 Å². The largest absolute Gasteiger partial charge is 0.480 e. The Morgan fingerprint density at radius 3 is 2.16 bits per heavy atom. The molecular weight excluding hydrogens is 338 g/mol. The molecule has 25 heavy (non-hydrogen) atoms. The van der Waals surface area contributed by atoms with Crippen molar-refractivity contribution in [3.05, 3.63) is 71.8 Å². The molecule has 0 aliphatic carbocycles. The maximum absolute atomic E-state index is 12.1. The van der Waals surface area contributed by atoms with Crippen LogP contribution >= 0.6 is 11.8 Å². The van der Waals surface area contributed by atoms with Crippen LogP contribution in [0.3, 0.4) is 0 Å². The zero-order valence-electron chi connectivity index (χ0n) is 14.0. The van der Waals surface area contributed by atoms with Gasteiger partial charge in [0.15, 0.2) is 0 Å². The van der Waals surface area contributed by atoms with Gasteiger partial charge in [-0.05, 0) is 11.1 Å². The summed E-state index contributed by atoms with van der Waals surface area (Å²) in [5, 5.41) is 9.41. The maximum Gasteiger partial charge on any atom is 0.410 e. The molecule has 0 heterocycles. The average Bonchev–Trinajstić information content (AvgIpc) is 2.64. The molecule has 0 aliphatic heterocycles. The van der Waals surface area contributed by atoms with Gasteiger partial charge in [0, 0.05) is 18.6 Å². The second kappa shape index (κ2) is 9.74. The van der Waals surface area contributed by atoms with E-state index >= 15 is 0 Å². The summed E-state index contributed by atoms with van der Waals surface area (Å²) in [6.07, 6.45) is -0.642.